The van der Waals surface area contributed by atoms with Crippen molar-refractivity contribution in [1.29, 1.82) is 0 Å². The summed E-state index contributed by atoms with van der Waals surface area (Å²) >= 11 is 12.0. The van der Waals surface area contributed by atoms with Crippen LogP contribution < -0.4 is 20.1 Å². The standard InChI is InChI=1S/C19H22Cl2N2O3/c1-19(2,12-8-9-15(25-3)16(10-12)26-4)11-22-18(24)23-14-7-5-6-13(20)17(14)21/h5-10H,11H2,1-4H3,(H2,22,23,24). The topological polar surface area (TPSA) is 59.6 Å². The predicted molar refractivity (Wildman–Crippen MR) is 106 cm³/mol. The van der Waals surface area contributed by atoms with Crippen molar-refractivity contribution < 1.29 is 14.3 Å². The van der Waals surface area contributed by atoms with Gasteiger partial charge in [-0.2, -0.15) is 0 Å². The van der Waals surface area contributed by atoms with Gasteiger partial charge in [-0.3, -0.25) is 0 Å². The molecule has 0 aromatic heterocycles. The number of urea groups is 1. The highest BCUT2D eigenvalue weighted by Gasteiger charge is 2.23. The molecule has 26 heavy (non-hydrogen) atoms. The highest BCUT2D eigenvalue weighted by molar-refractivity contribution is 6.43. The van der Waals surface area contributed by atoms with E-state index in [1.54, 1.807) is 32.4 Å². The van der Waals surface area contributed by atoms with Gasteiger partial charge < -0.3 is 20.1 Å². The van der Waals surface area contributed by atoms with Crippen molar-refractivity contribution in [1.82, 2.24) is 5.32 Å². The van der Waals surface area contributed by atoms with Gasteiger partial charge in [0.05, 0.1) is 30.0 Å². The number of amides is 2. The van der Waals surface area contributed by atoms with Gasteiger partial charge in [0.2, 0.25) is 0 Å². The first kappa shape index (κ1) is 20.2. The monoisotopic (exact) mass is 396 g/mol. The molecule has 0 aliphatic heterocycles. The first-order chi connectivity index (χ1) is 12.3. The maximum Gasteiger partial charge on any atom is 0.319 e. The van der Waals surface area contributed by atoms with Crippen LogP contribution in [-0.2, 0) is 5.41 Å². The molecule has 140 valence electrons. The van der Waals surface area contributed by atoms with E-state index in [1.807, 2.05) is 32.0 Å². The molecule has 0 saturated heterocycles. The number of rotatable bonds is 6. The summed E-state index contributed by atoms with van der Waals surface area (Å²) in [6, 6.07) is 10.4. The number of nitrogens with one attached hydrogen (secondary N) is 2. The summed E-state index contributed by atoms with van der Waals surface area (Å²) < 4.78 is 10.6. The highest BCUT2D eigenvalue weighted by atomic mass is 35.5. The second-order valence-electron chi connectivity index (χ2n) is 6.36. The molecule has 0 bridgehead atoms. The average molecular weight is 397 g/mol. The van der Waals surface area contributed by atoms with Crippen LogP contribution in [0.2, 0.25) is 10.0 Å². The number of hydrogen-bond donors (Lipinski definition) is 2. The second-order valence-corrected chi connectivity index (χ2v) is 7.15. The summed E-state index contributed by atoms with van der Waals surface area (Å²) in [4.78, 5) is 12.2. The molecule has 2 rings (SSSR count). The van der Waals surface area contributed by atoms with E-state index in [0.717, 1.165) is 5.56 Å². The minimum absolute atomic E-state index is 0.309. The van der Waals surface area contributed by atoms with Gasteiger partial charge in [0.25, 0.3) is 0 Å². The van der Waals surface area contributed by atoms with Crippen LogP contribution in [0.1, 0.15) is 19.4 Å². The van der Waals surface area contributed by atoms with Gasteiger partial charge in [0, 0.05) is 12.0 Å². The fourth-order valence-corrected chi connectivity index (χ4v) is 2.78. The molecule has 2 aromatic rings. The van der Waals surface area contributed by atoms with Crippen LogP contribution in [0.3, 0.4) is 0 Å². The number of benzene rings is 2. The number of hydrogen-bond acceptors (Lipinski definition) is 3. The fourth-order valence-electron chi connectivity index (χ4n) is 2.43. The summed E-state index contributed by atoms with van der Waals surface area (Å²) in [6.45, 7) is 4.47. The summed E-state index contributed by atoms with van der Waals surface area (Å²) in [5.41, 5.74) is 1.14. The predicted octanol–water partition coefficient (Wildman–Crippen LogP) is 5.11. The van der Waals surface area contributed by atoms with E-state index in [2.05, 4.69) is 10.6 Å². The van der Waals surface area contributed by atoms with Crippen molar-refractivity contribution >= 4 is 34.9 Å². The summed E-state index contributed by atoms with van der Waals surface area (Å²) in [6.07, 6.45) is 0. The maximum absolute atomic E-state index is 12.2. The third-order valence-corrected chi connectivity index (χ3v) is 4.87. The van der Waals surface area contributed by atoms with Crippen molar-refractivity contribution in [3.8, 4) is 11.5 Å². The van der Waals surface area contributed by atoms with E-state index < -0.39 is 0 Å². The molecule has 0 saturated carbocycles. The Bertz CT molecular complexity index is 794. The zero-order valence-electron chi connectivity index (χ0n) is 15.2. The van der Waals surface area contributed by atoms with Crippen molar-refractivity contribution in [2.24, 2.45) is 0 Å². The Balaban J connectivity index is 2.05. The zero-order valence-corrected chi connectivity index (χ0v) is 16.7. The molecule has 2 amide bonds. The van der Waals surface area contributed by atoms with Crippen LogP contribution in [0.5, 0.6) is 11.5 Å². The Morgan fingerprint density at radius 3 is 2.42 bits per heavy atom. The van der Waals surface area contributed by atoms with Crippen LogP contribution in [-0.4, -0.2) is 26.8 Å². The molecule has 7 heteroatoms. The van der Waals surface area contributed by atoms with Crippen molar-refractivity contribution in [3.05, 3.63) is 52.0 Å². The van der Waals surface area contributed by atoms with Crippen molar-refractivity contribution in [3.63, 3.8) is 0 Å². The van der Waals surface area contributed by atoms with Gasteiger partial charge in [-0.15, -0.1) is 0 Å². The van der Waals surface area contributed by atoms with E-state index in [0.29, 0.717) is 33.8 Å². The Hall–Kier alpha value is -2.11. The van der Waals surface area contributed by atoms with Crippen LogP contribution in [0.25, 0.3) is 0 Å². The van der Waals surface area contributed by atoms with E-state index >= 15 is 0 Å². The molecule has 5 nitrogen and oxygen atoms in total. The van der Waals surface area contributed by atoms with Gasteiger partial charge >= 0.3 is 6.03 Å². The van der Waals surface area contributed by atoms with Gasteiger partial charge in [-0.25, -0.2) is 4.79 Å². The SMILES string of the molecule is COc1ccc(C(C)(C)CNC(=O)Nc2cccc(Cl)c2Cl)cc1OC. The lowest BCUT2D eigenvalue weighted by Gasteiger charge is -2.26. The maximum atomic E-state index is 12.2. The lowest BCUT2D eigenvalue weighted by atomic mass is 9.84. The molecular weight excluding hydrogens is 375 g/mol. The lowest BCUT2D eigenvalue weighted by Crippen LogP contribution is -2.39. The molecule has 0 aliphatic carbocycles. The lowest BCUT2D eigenvalue weighted by molar-refractivity contribution is 0.249. The molecule has 2 N–H and O–H groups in total. The first-order valence-corrected chi connectivity index (χ1v) is 8.75. The van der Waals surface area contributed by atoms with Crippen LogP contribution in [0.15, 0.2) is 36.4 Å². The number of anilines is 1. The summed E-state index contributed by atoms with van der Waals surface area (Å²) in [5, 5.41) is 6.26. The number of methoxy groups -OCH3 is 2. The third kappa shape index (κ3) is 4.74. The first-order valence-electron chi connectivity index (χ1n) is 8.00. The van der Waals surface area contributed by atoms with Gasteiger partial charge in [0.1, 0.15) is 0 Å². The molecule has 2 aromatic carbocycles. The summed E-state index contributed by atoms with van der Waals surface area (Å²) in [5.74, 6) is 1.31. The van der Waals surface area contributed by atoms with Crippen LogP contribution in [0.4, 0.5) is 10.5 Å². The fraction of sp³-hybridized carbons (Fsp3) is 0.316. The van der Waals surface area contributed by atoms with Gasteiger partial charge in [0.15, 0.2) is 11.5 Å². The number of halogens is 2. The molecule has 0 heterocycles. The zero-order chi connectivity index (χ0) is 19.3. The van der Waals surface area contributed by atoms with E-state index in [1.165, 1.54) is 0 Å². The van der Waals surface area contributed by atoms with E-state index in [-0.39, 0.29) is 11.4 Å². The molecule has 0 unspecified atom stereocenters. The second kappa shape index (κ2) is 8.52. The Morgan fingerprint density at radius 1 is 1.08 bits per heavy atom. The Kier molecular flexibility index (Phi) is 6.62. The molecule has 0 fully saturated rings. The molecule has 0 radical (unpaired) electrons. The molecule has 0 spiro atoms. The van der Waals surface area contributed by atoms with Gasteiger partial charge in [-0.1, -0.05) is 49.2 Å². The normalized spacial score (nSPS) is 11.0. The Morgan fingerprint density at radius 2 is 1.77 bits per heavy atom. The third-order valence-electron chi connectivity index (χ3n) is 4.06. The molecular formula is C19H22Cl2N2O3. The highest BCUT2D eigenvalue weighted by Crippen LogP contribution is 2.33. The number of carbonyl (C=O) groups excluding carboxylic acids is 1. The Labute approximate surface area is 163 Å². The van der Waals surface area contributed by atoms with E-state index in [4.69, 9.17) is 32.7 Å². The molecule has 0 atom stereocenters. The van der Waals surface area contributed by atoms with Crippen molar-refractivity contribution in [2.75, 3.05) is 26.1 Å². The van der Waals surface area contributed by atoms with Crippen LogP contribution in [0, 0.1) is 0 Å². The van der Waals surface area contributed by atoms with Crippen molar-refractivity contribution in [2.45, 2.75) is 19.3 Å². The average Bonchev–Trinajstić information content (AvgIpc) is 2.63. The van der Waals surface area contributed by atoms with Gasteiger partial charge in [-0.05, 0) is 29.8 Å². The van der Waals surface area contributed by atoms with Crippen LogP contribution >= 0.6 is 23.2 Å². The number of carbonyl (C=O) groups is 1. The largest absolute Gasteiger partial charge is 0.493 e. The van der Waals surface area contributed by atoms with E-state index in [9.17, 15) is 4.79 Å². The minimum atomic E-state index is -0.359. The smallest absolute Gasteiger partial charge is 0.319 e. The quantitative estimate of drug-likeness (QED) is 0.712. The summed E-state index contributed by atoms with van der Waals surface area (Å²) in [7, 11) is 3.19. The molecule has 0 aliphatic rings. The number of ether oxygens (including phenoxy) is 2. The minimum Gasteiger partial charge on any atom is -0.493 e.